The molecule has 2 aliphatic carbocycles. The highest BCUT2D eigenvalue weighted by Crippen LogP contribution is 2.56. The first-order valence-electron chi connectivity index (χ1n) is 21.0. The zero-order valence-electron chi connectivity index (χ0n) is 34.4. The van der Waals surface area contributed by atoms with Crippen LogP contribution in [-0.2, 0) is 10.8 Å². The van der Waals surface area contributed by atoms with Crippen molar-refractivity contribution >= 4 is 44.9 Å². The standard InChI is InChI=1S/C57H45N3/c1-56(2)51-35-41(38-25-26-40-34-46(29-27-39(40)33-38)59(42-17-9-5-10-18-42)43-19-11-6-12-20-43)28-31-49(51)54-53(56)37-50-48-32-30-47(36-52(48)57(3,4)55(50)58-54)60(44-21-13-7-14-22-44)45-23-15-8-16-24-45/h5-37H,1-4H3. The van der Waals surface area contributed by atoms with E-state index >= 15 is 0 Å². The van der Waals surface area contributed by atoms with Crippen molar-refractivity contribution in [3.8, 4) is 33.5 Å². The summed E-state index contributed by atoms with van der Waals surface area (Å²) in [5.41, 5.74) is 18.8. The number of hydrogen-bond donors (Lipinski definition) is 0. The van der Waals surface area contributed by atoms with E-state index in [1.807, 2.05) is 0 Å². The highest BCUT2D eigenvalue weighted by Gasteiger charge is 2.43. The van der Waals surface area contributed by atoms with E-state index in [1.165, 1.54) is 55.3 Å². The highest BCUT2D eigenvalue weighted by molar-refractivity contribution is 5.94. The van der Waals surface area contributed by atoms with Gasteiger partial charge in [-0.05, 0) is 135 Å². The van der Waals surface area contributed by atoms with E-state index < -0.39 is 0 Å². The maximum atomic E-state index is 5.62. The lowest BCUT2D eigenvalue weighted by molar-refractivity contribution is 0.631. The average Bonchev–Trinajstić information content (AvgIpc) is 3.65. The Morgan fingerprint density at radius 1 is 0.333 bits per heavy atom. The molecule has 9 aromatic rings. The summed E-state index contributed by atoms with van der Waals surface area (Å²) in [6.45, 7) is 9.41. The molecule has 0 amide bonds. The molecular formula is C57H45N3. The number of benzene rings is 8. The van der Waals surface area contributed by atoms with Crippen molar-refractivity contribution < 1.29 is 0 Å². The number of para-hydroxylation sites is 4. The molecule has 1 heterocycles. The number of nitrogens with zero attached hydrogens (tertiary/aromatic N) is 3. The lowest BCUT2D eigenvalue weighted by Gasteiger charge is -2.27. The summed E-state index contributed by atoms with van der Waals surface area (Å²) in [6, 6.07) is 72.6. The predicted molar refractivity (Wildman–Crippen MR) is 252 cm³/mol. The third kappa shape index (κ3) is 5.68. The molecule has 8 aromatic carbocycles. The van der Waals surface area contributed by atoms with Crippen LogP contribution in [0, 0.1) is 0 Å². The fourth-order valence-corrected chi connectivity index (χ4v) is 9.77. The van der Waals surface area contributed by atoms with E-state index in [9.17, 15) is 0 Å². The van der Waals surface area contributed by atoms with Crippen molar-refractivity contribution in [2.75, 3.05) is 9.80 Å². The molecule has 0 saturated heterocycles. The number of fused-ring (bicyclic) bond motifs is 7. The Balaban J connectivity index is 0.938. The van der Waals surface area contributed by atoms with Gasteiger partial charge in [0.05, 0.1) is 11.4 Å². The SMILES string of the molecule is CC1(C)c2cc(-c3ccc4cc(N(c5ccccc5)c5ccccc5)ccc4c3)ccc2-c2nc3c(cc21)-c1ccc(N(c2ccccc2)c2ccccc2)cc1C3(C)C. The molecule has 3 heteroatoms. The molecule has 0 spiro atoms. The van der Waals surface area contributed by atoms with E-state index in [0.717, 1.165) is 45.5 Å². The first-order chi connectivity index (χ1) is 29.3. The van der Waals surface area contributed by atoms with Crippen molar-refractivity contribution in [3.63, 3.8) is 0 Å². The topological polar surface area (TPSA) is 19.4 Å². The van der Waals surface area contributed by atoms with Crippen molar-refractivity contribution in [1.82, 2.24) is 4.98 Å². The molecule has 0 aliphatic heterocycles. The second-order valence-corrected chi connectivity index (χ2v) is 17.3. The molecular weight excluding hydrogens is 727 g/mol. The Hall–Kier alpha value is -7.23. The Bertz CT molecular complexity index is 3000. The fourth-order valence-electron chi connectivity index (χ4n) is 9.77. The van der Waals surface area contributed by atoms with E-state index in [0.29, 0.717) is 0 Å². The smallest absolute Gasteiger partial charge is 0.0750 e. The highest BCUT2D eigenvalue weighted by atomic mass is 15.1. The van der Waals surface area contributed by atoms with Gasteiger partial charge in [0.25, 0.3) is 0 Å². The first-order valence-corrected chi connectivity index (χ1v) is 21.0. The Labute approximate surface area is 352 Å². The number of rotatable bonds is 7. The third-order valence-corrected chi connectivity index (χ3v) is 12.9. The van der Waals surface area contributed by atoms with Gasteiger partial charge in [0, 0.05) is 56.1 Å². The number of aromatic nitrogens is 1. The molecule has 288 valence electrons. The van der Waals surface area contributed by atoms with E-state index in [2.05, 4.69) is 238 Å². The summed E-state index contributed by atoms with van der Waals surface area (Å²) in [4.78, 5) is 10.3. The summed E-state index contributed by atoms with van der Waals surface area (Å²) in [7, 11) is 0. The maximum absolute atomic E-state index is 5.62. The summed E-state index contributed by atoms with van der Waals surface area (Å²) in [5, 5.41) is 2.43. The van der Waals surface area contributed by atoms with Gasteiger partial charge in [-0.1, -0.05) is 137 Å². The quantitative estimate of drug-likeness (QED) is 0.161. The molecule has 0 radical (unpaired) electrons. The molecule has 2 aliphatic rings. The van der Waals surface area contributed by atoms with E-state index in [-0.39, 0.29) is 10.8 Å². The molecule has 11 rings (SSSR count). The molecule has 0 atom stereocenters. The van der Waals surface area contributed by atoms with Gasteiger partial charge in [0.15, 0.2) is 0 Å². The molecule has 1 aromatic heterocycles. The zero-order chi connectivity index (χ0) is 40.6. The van der Waals surface area contributed by atoms with Crippen molar-refractivity contribution in [2.45, 2.75) is 38.5 Å². The molecule has 3 nitrogen and oxygen atoms in total. The van der Waals surface area contributed by atoms with Gasteiger partial charge in [-0.2, -0.15) is 0 Å². The molecule has 0 unspecified atom stereocenters. The predicted octanol–water partition coefficient (Wildman–Crippen LogP) is 15.5. The summed E-state index contributed by atoms with van der Waals surface area (Å²) < 4.78 is 0. The van der Waals surface area contributed by atoms with Crippen LogP contribution >= 0.6 is 0 Å². The van der Waals surface area contributed by atoms with Gasteiger partial charge in [0.2, 0.25) is 0 Å². The minimum absolute atomic E-state index is 0.211. The molecule has 0 N–H and O–H groups in total. The molecule has 0 saturated carbocycles. The lowest BCUT2D eigenvalue weighted by atomic mass is 9.81. The first kappa shape index (κ1) is 35.9. The molecule has 0 bridgehead atoms. The second kappa shape index (κ2) is 13.7. The number of anilines is 6. The summed E-state index contributed by atoms with van der Waals surface area (Å²) in [5.74, 6) is 0. The van der Waals surface area contributed by atoms with Crippen LogP contribution in [0.25, 0.3) is 44.3 Å². The van der Waals surface area contributed by atoms with Gasteiger partial charge < -0.3 is 9.80 Å². The van der Waals surface area contributed by atoms with Crippen LogP contribution in [0.4, 0.5) is 34.1 Å². The van der Waals surface area contributed by atoms with Gasteiger partial charge in [-0.25, -0.2) is 0 Å². The maximum Gasteiger partial charge on any atom is 0.0750 e. The normalized spacial score (nSPS) is 13.9. The van der Waals surface area contributed by atoms with Gasteiger partial charge >= 0.3 is 0 Å². The minimum atomic E-state index is -0.272. The molecule has 0 fully saturated rings. The average molecular weight is 772 g/mol. The number of hydrogen-bond acceptors (Lipinski definition) is 3. The van der Waals surface area contributed by atoms with Gasteiger partial charge in [0.1, 0.15) is 0 Å². The van der Waals surface area contributed by atoms with Crippen molar-refractivity contribution in [2.24, 2.45) is 0 Å². The van der Waals surface area contributed by atoms with Crippen LogP contribution in [0.3, 0.4) is 0 Å². The second-order valence-electron chi connectivity index (χ2n) is 17.3. The monoisotopic (exact) mass is 771 g/mol. The van der Waals surface area contributed by atoms with Crippen LogP contribution in [0.5, 0.6) is 0 Å². The van der Waals surface area contributed by atoms with Crippen molar-refractivity contribution in [1.29, 1.82) is 0 Å². The van der Waals surface area contributed by atoms with Crippen molar-refractivity contribution in [3.05, 3.63) is 223 Å². The van der Waals surface area contributed by atoms with E-state index in [1.54, 1.807) is 0 Å². The summed E-state index contributed by atoms with van der Waals surface area (Å²) >= 11 is 0. The van der Waals surface area contributed by atoms with Crippen LogP contribution in [0.2, 0.25) is 0 Å². The van der Waals surface area contributed by atoms with Crippen LogP contribution in [0.15, 0.2) is 200 Å². The zero-order valence-corrected chi connectivity index (χ0v) is 34.4. The lowest BCUT2D eigenvalue weighted by Crippen LogP contribution is -2.19. The third-order valence-electron chi connectivity index (χ3n) is 12.9. The Kier molecular flexibility index (Phi) is 8.18. The van der Waals surface area contributed by atoms with Crippen LogP contribution < -0.4 is 9.80 Å². The van der Waals surface area contributed by atoms with E-state index in [4.69, 9.17) is 4.98 Å². The minimum Gasteiger partial charge on any atom is -0.310 e. The largest absolute Gasteiger partial charge is 0.310 e. The van der Waals surface area contributed by atoms with Gasteiger partial charge in [-0.3, -0.25) is 4.98 Å². The Morgan fingerprint density at radius 3 is 1.37 bits per heavy atom. The fraction of sp³-hybridized carbons (Fsp3) is 0.105. The van der Waals surface area contributed by atoms with Crippen LogP contribution in [0.1, 0.15) is 50.1 Å². The Morgan fingerprint density at radius 2 is 0.783 bits per heavy atom. The summed E-state index contributed by atoms with van der Waals surface area (Å²) in [6.07, 6.45) is 0. The van der Waals surface area contributed by atoms with Crippen LogP contribution in [-0.4, -0.2) is 4.98 Å². The number of pyridine rings is 1. The van der Waals surface area contributed by atoms with Gasteiger partial charge in [-0.15, -0.1) is 0 Å². The molecule has 60 heavy (non-hydrogen) atoms.